The number of amides is 1. The normalized spacial score (nSPS) is 18.3. The van der Waals surface area contributed by atoms with Gasteiger partial charge in [0.15, 0.2) is 0 Å². The maximum absolute atomic E-state index is 12.9. The number of hydrogen-bond donors (Lipinski definition) is 1. The van der Waals surface area contributed by atoms with E-state index in [1.54, 1.807) is 30.3 Å². The summed E-state index contributed by atoms with van der Waals surface area (Å²) in [5.74, 6) is -0.448. The number of ketones is 1. The average Bonchev–Trinajstić information content (AvgIpc) is 3.35. The summed E-state index contributed by atoms with van der Waals surface area (Å²) in [5, 5.41) is 11.1. The fourth-order valence-corrected chi connectivity index (χ4v) is 3.53. The zero-order chi connectivity index (χ0) is 21.0. The summed E-state index contributed by atoms with van der Waals surface area (Å²) in [5.41, 5.74) is 0.253. The summed E-state index contributed by atoms with van der Waals surface area (Å²) in [6.07, 6.45) is 4.14. The van der Waals surface area contributed by atoms with Crippen LogP contribution in [0.15, 0.2) is 46.6 Å². The molecule has 1 N–H and O–H groups in total. The van der Waals surface area contributed by atoms with Gasteiger partial charge in [-0.05, 0) is 36.8 Å². The third kappa shape index (κ3) is 3.85. The molecule has 7 heteroatoms. The molecular formula is C22H25NO6. The number of rotatable bonds is 8. The molecule has 154 valence electrons. The van der Waals surface area contributed by atoms with Crippen molar-refractivity contribution < 1.29 is 28.6 Å². The van der Waals surface area contributed by atoms with Gasteiger partial charge in [0, 0.05) is 6.54 Å². The van der Waals surface area contributed by atoms with Crippen LogP contribution in [0, 0.1) is 0 Å². The number of aliphatic hydroxyl groups excluding tert-OH is 1. The Labute approximate surface area is 169 Å². The lowest BCUT2D eigenvalue weighted by molar-refractivity contribution is -0.140. The van der Waals surface area contributed by atoms with Crippen molar-refractivity contribution in [1.29, 1.82) is 0 Å². The van der Waals surface area contributed by atoms with Gasteiger partial charge in [0.25, 0.3) is 11.7 Å². The summed E-state index contributed by atoms with van der Waals surface area (Å²) in [7, 11) is 2.97. The van der Waals surface area contributed by atoms with Crippen molar-refractivity contribution in [2.75, 3.05) is 20.8 Å². The average molecular weight is 399 g/mol. The van der Waals surface area contributed by atoms with E-state index >= 15 is 0 Å². The van der Waals surface area contributed by atoms with Crippen molar-refractivity contribution >= 4 is 17.4 Å². The van der Waals surface area contributed by atoms with Crippen LogP contribution in [0.3, 0.4) is 0 Å². The van der Waals surface area contributed by atoms with Crippen LogP contribution in [-0.4, -0.2) is 42.5 Å². The van der Waals surface area contributed by atoms with Gasteiger partial charge in [-0.1, -0.05) is 19.8 Å². The van der Waals surface area contributed by atoms with Crippen molar-refractivity contribution in [2.45, 2.75) is 32.2 Å². The van der Waals surface area contributed by atoms with Gasteiger partial charge in [0.05, 0.1) is 31.6 Å². The highest BCUT2D eigenvalue weighted by atomic mass is 16.5. The Morgan fingerprint density at radius 2 is 1.97 bits per heavy atom. The number of ether oxygens (including phenoxy) is 2. The van der Waals surface area contributed by atoms with Crippen LogP contribution in [0.1, 0.15) is 43.6 Å². The number of unbranched alkanes of at least 4 members (excludes halogenated alkanes) is 2. The Morgan fingerprint density at radius 1 is 1.17 bits per heavy atom. The first-order chi connectivity index (χ1) is 14.0. The molecule has 0 bridgehead atoms. The largest absolute Gasteiger partial charge is 0.507 e. The van der Waals surface area contributed by atoms with Gasteiger partial charge >= 0.3 is 0 Å². The number of carbonyl (C=O) groups is 2. The van der Waals surface area contributed by atoms with Crippen LogP contribution >= 0.6 is 0 Å². The number of methoxy groups -OCH3 is 2. The van der Waals surface area contributed by atoms with Gasteiger partial charge < -0.3 is 23.9 Å². The molecule has 1 aromatic carbocycles. The maximum Gasteiger partial charge on any atom is 0.295 e. The van der Waals surface area contributed by atoms with E-state index in [4.69, 9.17) is 13.9 Å². The lowest BCUT2D eigenvalue weighted by Crippen LogP contribution is -2.30. The Kier molecular flexibility index (Phi) is 6.26. The first-order valence-electron chi connectivity index (χ1n) is 9.57. The number of furan rings is 1. The molecule has 1 amide bonds. The smallest absolute Gasteiger partial charge is 0.295 e. The van der Waals surface area contributed by atoms with Crippen LogP contribution in [0.2, 0.25) is 0 Å². The molecule has 2 aromatic rings. The zero-order valence-corrected chi connectivity index (χ0v) is 16.8. The minimum atomic E-state index is -0.794. The van der Waals surface area contributed by atoms with E-state index in [0.29, 0.717) is 23.8 Å². The number of nitrogens with zero attached hydrogens (tertiary/aromatic N) is 1. The molecule has 1 aliphatic rings. The fraction of sp³-hybridized carbons (Fsp3) is 0.364. The summed E-state index contributed by atoms with van der Waals surface area (Å²) >= 11 is 0. The molecule has 0 aliphatic carbocycles. The van der Waals surface area contributed by atoms with E-state index in [1.165, 1.54) is 25.4 Å². The van der Waals surface area contributed by atoms with Crippen molar-refractivity contribution in [3.05, 3.63) is 53.5 Å². The standard InChI is InChI=1S/C22H25NO6/c1-4-5-6-11-23-19(17-8-7-12-29-17)18(21(25)22(23)26)20(24)15-13-14(27-2)9-10-16(15)28-3/h7-10,12-13,19,24H,4-6,11H2,1-3H3/b20-18-. The molecule has 1 aliphatic heterocycles. The minimum Gasteiger partial charge on any atom is -0.507 e. The van der Waals surface area contributed by atoms with Gasteiger partial charge in [-0.3, -0.25) is 9.59 Å². The topological polar surface area (TPSA) is 89.2 Å². The van der Waals surface area contributed by atoms with E-state index in [1.807, 2.05) is 0 Å². The molecule has 3 rings (SSSR count). The van der Waals surface area contributed by atoms with E-state index in [9.17, 15) is 14.7 Å². The molecule has 29 heavy (non-hydrogen) atoms. The second kappa shape index (κ2) is 8.86. The number of carbonyl (C=O) groups excluding carboxylic acids is 2. The van der Waals surface area contributed by atoms with E-state index in [-0.39, 0.29) is 16.9 Å². The van der Waals surface area contributed by atoms with Crippen LogP contribution in [0.25, 0.3) is 5.76 Å². The number of Topliss-reactive ketones (excluding diaryl/α,β-unsaturated/α-hetero) is 1. The summed E-state index contributed by atoms with van der Waals surface area (Å²) in [6.45, 7) is 2.46. The first kappa shape index (κ1) is 20.5. The molecule has 0 radical (unpaired) electrons. The highest BCUT2D eigenvalue weighted by molar-refractivity contribution is 6.46. The number of hydrogen-bond acceptors (Lipinski definition) is 6. The second-order valence-electron chi connectivity index (χ2n) is 6.78. The van der Waals surface area contributed by atoms with Gasteiger partial charge in [0.1, 0.15) is 29.1 Å². The molecule has 0 saturated carbocycles. The quantitative estimate of drug-likeness (QED) is 0.313. The highest BCUT2D eigenvalue weighted by Gasteiger charge is 2.47. The van der Waals surface area contributed by atoms with Gasteiger partial charge in [-0.15, -0.1) is 0 Å². The molecular weight excluding hydrogens is 374 g/mol. The van der Waals surface area contributed by atoms with Gasteiger partial charge in [-0.2, -0.15) is 0 Å². The molecule has 1 saturated heterocycles. The lowest BCUT2D eigenvalue weighted by Gasteiger charge is -2.23. The molecule has 1 aromatic heterocycles. The summed E-state index contributed by atoms with van der Waals surface area (Å²) in [6, 6.07) is 7.47. The van der Waals surface area contributed by atoms with Gasteiger partial charge in [-0.25, -0.2) is 0 Å². The van der Waals surface area contributed by atoms with Crippen molar-refractivity contribution in [2.24, 2.45) is 0 Å². The van der Waals surface area contributed by atoms with E-state index < -0.39 is 17.7 Å². The molecule has 1 unspecified atom stereocenters. The first-order valence-corrected chi connectivity index (χ1v) is 9.57. The van der Waals surface area contributed by atoms with E-state index in [2.05, 4.69) is 6.92 Å². The number of benzene rings is 1. The third-order valence-electron chi connectivity index (χ3n) is 5.02. The Morgan fingerprint density at radius 3 is 2.59 bits per heavy atom. The maximum atomic E-state index is 12.9. The Balaban J connectivity index is 2.14. The molecule has 2 heterocycles. The third-order valence-corrected chi connectivity index (χ3v) is 5.02. The molecule has 1 atom stereocenters. The molecule has 7 nitrogen and oxygen atoms in total. The Hall–Kier alpha value is -3.22. The fourth-order valence-electron chi connectivity index (χ4n) is 3.53. The summed E-state index contributed by atoms with van der Waals surface area (Å²) < 4.78 is 16.1. The highest BCUT2D eigenvalue weighted by Crippen LogP contribution is 2.41. The second-order valence-corrected chi connectivity index (χ2v) is 6.78. The number of aliphatic hydroxyl groups is 1. The van der Waals surface area contributed by atoms with Gasteiger partial charge in [0.2, 0.25) is 0 Å². The monoisotopic (exact) mass is 399 g/mol. The number of likely N-dealkylation sites (tertiary alicyclic amines) is 1. The zero-order valence-electron chi connectivity index (χ0n) is 16.8. The summed E-state index contributed by atoms with van der Waals surface area (Å²) in [4.78, 5) is 27.1. The van der Waals surface area contributed by atoms with Crippen LogP contribution in [-0.2, 0) is 9.59 Å². The minimum absolute atomic E-state index is 0.0204. The van der Waals surface area contributed by atoms with E-state index in [0.717, 1.165) is 19.3 Å². The predicted molar refractivity (Wildman–Crippen MR) is 107 cm³/mol. The lowest BCUT2D eigenvalue weighted by atomic mass is 9.98. The molecule has 1 fully saturated rings. The molecule has 0 spiro atoms. The van der Waals surface area contributed by atoms with Crippen molar-refractivity contribution in [3.8, 4) is 11.5 Å². The van der Waals surface area contributed by atoms with Crippen LogP contribution < -0.4 is 9.47 Å². The van der Waals surface area contributed by atoms with Crippen LogP contribution in [0.4, 0.5) is 0 Å². The van der Waals surface area contributed by atoms with Crippen molar-refractivity contribution in [3.63, 3.8) is 0 Å². The van der Waals surface area contributed by atoms with Crippen molar-refractivity contribution in [1.82, 2.24) is 4.90 Å². The SMILES string of the molecule is CCCCCN1C(=O)C(=O)/C(=C(\O)c2cc(OC)ccc2OC)C1c1ccco1. The predicted octanol–water partition coefficient (Wildman–Crippen LogP) is 3.91. The Bertz CT molecular complexity index is 915. The van der Waals surface area contributed by atoms with Crippen LogP contribution in [0.5, 0.6) is 11.5 Å².